The summed E-state index contributed by atoms with van der Waals surface area (Å²) in [6, 6.07) is 1.64. The molecule has 0 saturated heterocycles. The first-order valence-corrected chi connectivity index (χ1v) is 14.3. The van der Waals surface area contributed by atoms with Gasteiger partial charge in [0, 0.05) is 22.6 Å². The third-order valence-electron chi connectivity index (χ3n) is 8.73. The van der Waals surface area contributed by atoms with Gasteiger partial charge >= 0.3 is 5.97 Å². The van der Waals surface area contributed by atoms with Crippen LogP contribution in [0.5, 0.6) is 0 Å². The Labute approximate surface area is 242 Å². The number of aliphatic hydroxyl groups is 1. The van der Waals surface area contributed by atoms with Crippen molar-refractivity contribution in [3.05, 3.63) is 61.7 Å². The lowest BCUT2D eigenvalue weighted by Crippen LogP contribution is -2.46. The number of nitrogens with one attached hydrogen (secondary N) is 1. The lowest BCUT2D eigenvalue weighted by Gasteiger charge is -2.31. The summed E-state index contributed by atoms with van der Waals surface area (Å²) >= 11 is 0. The van der Waals surface area contributed by atoms with Crippen LogP contribution in [0.4, 0.5) is 4.39 Å². The van der Waals surface area contributed by atoms with Crippen molar-refractivity contribution in [2.75, 3.05) is 6.61 Å². The maximum absolute atomic E-state index is 15.1. The van der Waals surface area contributed by atoms with Gasteiger partial charge in [0.2, 0.25) is 5.91 Å². The highest BCUT2D eigenvalue weighted by molar-refractivity contribution is 5.94. The average molecular weight is 579 g/mol. The SMILES string of the molecule is CC[C@@]1(O)C(=O)OCc2c1cc1n(c2=O)Cc2c-1nc1cc(F)c(C)c3c1c2[C@@H](NC(=O)[C@@H](N)COC(C)(C)C)CC3. The molecule has 3 atom stereocenters. The van der Waals surface area contributed by atoms with Gasteiger partial charge in [-0.05, 0) is 69.7 Å². The first-order chi connectivity index (χ1) is 19.7. The number of carbonyl (C=O) groups excluding carboxylic acids is 2. The molecule has 4 N–H and O–H groups in total. The summed E-state index contributed by atoms with van der Waals surface area (Å²) in [7, 11) is 0. The largest absolute Gasteiger partial charge is 0.458 e. The fourth-order valence-corrected chi connectivity index (χ4v) is 6.39. The van der Waals surface area contributed by atoms with Crippen LogP contribution in [-0.4, -0.2) is 44.8 Å². The Kier molecular flexibility index (Phi) is 6.56. The maximum Gasteiger partial charge on any atom is 0.343 e. The lowest BCUT2D eigenvalue weighted by atomic mass is 9.81. The predicted octanol–water partition coefficient (Wildman–Crippen LogP) is 2.77. The van der Waals surface area contributed by atoms with Crippen LogP contribution in [0.3, 0.4) is 0 Å². The van der Waals surface area contributed by atoms with Gasteiger partial charge in [-0.25, -0.2) is 14.2 Å². The molecule has 1 aromatic carbocycles. The number of nitrogens with zero attached hydrogens (tertiary/aromatic N) is 2. The Hall–Kier alpha value is -3.67. The number of hydrogen-bond acceptors (Lipinski definition) is 8. The molecule has 4 heterocycles. The number of amides is 1. The van der Waals surface area contributed by atoms with Crippen LogP contribution in [0.1, 0.15) is 80.0 Å². The lowest BCUT2D eigenvalue weighted by molar-refractivity contribution is -0.172. The smallest absolute Gasteiger partial charge is 0.343 e. The number of cyclic esters (lactones) is 1. The molecule has 1 aliphatic carbocycles. The van der Waals surface area contributed by atoms with Crippen LogP contribution in [0.25, 0.3) is 22.3 Å². The molecule has 222 valence electrons. The van der Waals surface area contributed by atoms with E-state index in [1.807, 2.05) is 20.8 Å². The fourth-order valence-electron chi connectivity index (χ4n) is 6.39. The van der Waals surface area contributed by atoms with Gasteiger partial charge in [-0.3, -0.25) is 9.59 Å². The Morgan fingerprint density at radius 1 is 1.31 bits per heavy atom. The van der Waals surface area contributed by atoms with Gasteiger partial charge in [-0.2, -0.15) is 0 Å². The summed E-state index contributed by atoms with van der Waals surface area (Å²) in [5, 5.41) is 15.1. The van der Waals surface area contributed by atoms with E-state index < -0.39 is 34.8 Å². The number of rotatable bonds is 5. The van der Waals surface area contributed by atoms with Crippen LogP contribution in [0, 0.1) is 12.7 Å². The summed E-state index contributed by atoms with van der Waals surface area (Å²) in [5.41, 5.74) is 7.91. The van der Waals surface area contributed by atoms with Gasteiger partial charge in [-0.15, -0.1) is 0 Å². The summed E-state index contributed by atoms with van der Waals surface area (Å²) in [5.74, 6) is -1.57. The minimum Gasteiger partial charge on any atom is -0.458 e. The van der Waals surface area contributed by atoms with Gasteiger partial charge in [0.25, 0.3) is 5.56 Å². The van der Waals surface area contributed by atoms with Crippen molar-refractivity contribution in [2.45, 2.75) is 90.3 Å². The van der Waals surface area contributed by atoms with Gasteiger partial charge in [0.1, 0.15) is 18.5 Å². The van der Waals surface area contributed by atoms with Crippen LogP contribution >= 0.6 is 0 Å². The van der Waals surface area contributed by atoms with E-state index in [2.05, 4.69) is 5.32 Å². The highest BCUT2D eigenvalue weighted by atomic mass is 19.1. The van der Waals surface area contributed by atoms with E-state index in [0.29, 0.717) is 35.3 Å². The Morgan fingerprint density at radius 2 is 2.05 bits per heavy atom. The van der Waals surface area contributed by atoms with Crippen molar-refractivity contribution in [1.29, 1.82) is 0 Å². The third kappa shape index (κ3) is 4.25. The van der Waals surface area contributed by atoms with Crippen LogP contribution in [0.15, 0.2) is 16.9 Å². The normalized spacial score (nSPS) is 21.4. The van der Waals surface area contributed by atoms with Crippen LogP contribution in [0.2, 0.25) is 0 Å². The number of nitrogens with two attached hydrogens (primary N) is 1. The maximum atomic E-state index is 15.1. The molecular weight excluding hydrogens is 543 g/mol. The minimum absolute atomic E-state index is 0.0200. The van der Waals surface area contributed by atoms with E-state index in [-0.39, 0.29) is 49.0 Å². The molecule has 3 aliphatic rings. The van der Waals surface area contributed by atoms with E-state index in [4.69, 9.17) is 20.2 Å². The summed E-state index contributed by atoms with van der Waals surface area (Å²) in [6.45, 7) is 8.99. The first kappa shape index (κ1) is 28.4. The van der Waals surface area contributed by atoms with Crippen molar-refractivity contribution < 1.29 is 28.6 Å². The van der Waals surface area contributed by atoms with Gasteiger partial charge in [-0.1, -0.05) is 6.92 Å². The van der Waals surface area contributed by atoms with Crippen LogP contribution in [-0.2, 0) is 44.2 Å². The van der Waals surface area contributed by atoms with Crippen molar-refractivity contribution in [3.63, 3.8) is 0 Å². The quantitative estimate of drug-likeness (QED) is 0.307. The van der Waals surface area contributed by atoms with E-state index in [1.54, 1.807) is 24.5 Å². The molecule has 10 nitrogen and oxygen atoms in total. The third-order valence-corrected chi connectivity index (χ3v) is 8.73. The number of halogens is 1. The Balaban J connectivity index is 1.51. The molecule has 1 amide bonds. The number of esters is 1. The molecular formula is C31H35FN4O6. The van der Waals surface area contributed by atoms with E-state index in [1.165, 1.54) is 6.07 Å². The second kappa shape index (κ2) is 9.68. The monoisotopic (exact) mass is 578 g/mol. The Morgan fingerprint density at radius 3 is 2.74 bits per heavy atom. The molecule has 0 spiro atoms. The highest BCUT2D eigenvalue weighted by Gasteiger charge is 2.46. The second-order valence-corrected chi connectivity index (χ2v) is 12.4. The molecule has 11 heteroatoms. The molecule has 3 aromatic rings. The number of benzene rings is 1. The van der Waals surface area contributed by atoms with E-state index >= 15 is 4.39 Å². The molecule has 2 aliphatic heterocycles. The van der Waals surface area contributed by atoms with Crippen LogP contribution < -0.4 is 16.6 Å². The van der Waals surface area contributed by atoms with Crippen molar-refractivity contribution in [3.8, 4) is 11.4 Å². The molecule has 0 unspecified atom stereocenters. The number of aromatic nitrogens is 2. The zero-order valence-electron chi connectivity index (χ0n) is 24.4. The minimum atomic E-state index is -1.96. The van der Waals surface area contributed by atoms with Gasteiger partial charge in [0.15, 0.2) is 5.60 Å². The summed E-state index contributed by atoms with van der Waals surface area (Å²) in [6.07, 6.45) is 1.05. The second-order valence-electron chi connectivity index (χ2n) is 12.4. The molecule has 6 rings (SSSR count). The molecule has 42 heavy (non-hydrogen) atoms. The molecule has 0 radical (unpaired) electrons. The number of carbonyl (C=O) groups is 2. The van der Waals surface area contributed by atoms with E-state index in [9.17, 15) is 19.5 Å². The average Bonchev–Trinajstić information content (AvgIpc) is 3.31. The zero-order chi connectivity index (χ0) is 30.3. The van der Waals surface area contributed by atoms with Crippen molar-refractivity contribution in [2.24, 2.45) is 5.73 Å². The summed E-state index contributed by atoms with van der Waals surface area (Å²) < 4.78 is 27.5. The fraction of sp³-hybridized carbons (Fsp3) is 0.484. The number of hydrogen-bond donors (Lipinski definition) is 3. The zero-order valence-corrected chi connectivity index (χ0v) is 24.4. The van der Waals surface area contributed by atoms with Crippen molar-refractivity contribution >= 4 is 22.8 Å². The van der Waals surface area contributed by atoms with Gasteiger partial charge < -0.3 is 30.2 Å². The topological polar surface area (TPSA) is 146 Å². The number of ether oxygens (including phenoxy) is 2. The molecule has 0 saturated carbocycles. The van der Waals surface area contributed by atoms with Crippen molar-refractivity contribution in [1.82, 2.24) is 14.9 Å². The Bertz CT molecular complexity index is 1740. The standard InChI is InChI=1S/C31H35FN4O6/c1-6-31(40)18-9-23-26-16(11-36(23)28(38)17(18)12-41-29(31)39)25-21(35-27(37)20(33)13-42-30(3,4)5)8-7-15-14(2)19(32)10-22(34-26)24(15)25/h9-10,20-21,40H,6-8,11-13,33H2,1-5H3,(H,35,37)/t20-,21-,31-/m0/s1. The van der Waals surface area contributed by atoms with E-state index in [0.717, 1.165) is 22.1 Å². The molecule has 2 aromatic heterocycles. The number of pyridine rings is 2. The summed E-state index contributed by atoms with van der Waals surface area (Å²) in [4.78, 5) is 44.4. The predicted molar refractivity (Wildman–Crippen MR) is 152 cm³/mol. The first-order valence-electron chi connectivity index (χ1n) is 14.3. The molecule has 0 bridgehead atoms. The number of fused-ring (bicyclic) bond motifs is 5. The number of aryl methyl sites for hydroxylation is 1. The van der Waals surface area contributed by atoms with Gasteiger partial charge in [0.05, 0.1) is 47.3 Å². The highest BCUT2D eigenvalue weighted by Crippen LogP contribution is 2.46. The molecule has 0 fully saturated rings.